The van der Waals surface area contributed by atoms with Crippen LogP contribution in [0.25, 0.3) is 0 Å². The van der Waals surface area contributed by atoms with Crippen LogP contribution >= 0.6 is 0 Å². The first-order valence-electron chi connectivity index (χ1n) is 9.70. The molecule has 0 unspecified atom stereocenters. The lowest BCUT2D eigenvalue weighted by molar-refractivity contribution is -0.709. The molecule has 0 saturated carbocycles. The standard InChI is InChI=1S/C21H28FN3O3S/c1-5-25(6-2)29(27,28)20-13-7-17(8-14-20)15(3)23-16(4)21(26)24-19-11-9-18(22)10-12-19/h7-16,23H,5-6H2,1-4H3,(H,24,26)/p+1/t15-,16-/m0/s1. The molecule has 0 aliphatic carbocycles. The number of nitrogens with one attached hydrogen (secondary N) is 1. The van der Waals surface area contributed by atoms with Crippen LogP contribution < -0.4 is 10.6 Å². The molecule has 0 spiro atoms. The van der Waals surface area contributed by atoms with Gasteiger partial charge in [-0.1, -0.05) is 26.0 Å². The molecule has 0 saturated heterocycles. The number of nitrogens with two attached hydrogens (primary N) is 1. The van der Waals surface area contributed by atoms with Gasteiger partial charge in [0.1, 0.15) is 11.9 Å². The molecule has 0 aliphatic heterocycles. The summed E-state index contributed by atoms with van der Waals surface area (Å²) in [6.07, 6.45) is 0. The molecule has 0 fully saturated rings. The van der Waals surface area contributed by atoms with E-state index in [2.05, 4.69) is 5.32 Å². The molecular formula is C21H29FN3O3S+. The van der Waals surface area contributed by atoms with Crippen molar-refractivity contribution in [3.63, 3.8) is 0 Å². The highest BCUT2D eigenvalue weighted by atomic mass is 32.2. The Bertz CT molecular complexity index is 911. The maximum absolute atomic E-state index is 13.0. The van der Waals surface area contributed by atoms with E-state index in [1.54, 1.807) is 31.2 Å². The number of nitrogens with zero attached hydrogens (tertiary/aromatic N) is 1. The second kappa shape index (κ2) is 9.96. The van der Waals surface area contributed by atoms with Gasteiger partial charge in [-0.3, -0.25) is 4.79 Å². The summed E-state index contributed by atoms with van der Waals surface area (Å²) in [5.41, 5.74) is 1.46. The number of quaternary nitrogens is 1. The van der Waals surface area contributed by atoms with Crippen molar-refractivity contribution in [3.8, 4) is 0 Å². The summed E-state index contributed by atoms with van der Waals surface area (Å²) >= 11 is 0. The molecular weight excluding hydrogens is 393 g/mol. The van der Waals surface area contributed by atoms with Crippen LogP contribution in [0.4, 0.5) is 10.1 Å². The number of anilines is 1. The van der Waals surface area contributed by atoms with Crippen molar-refractivity contribution in [3.05, 3.63) is 59.9 Å². The van der Waals surface area contributed by atoms with Crippen LogP contribution in [-0.2, 0) is 14.8 Å². The topological polar surface area (TPSA) is 83.1 Å². The minimum Gasteiger partial charge on any atom is -0.330 e. The highest BCUT2D eigenvalue weighted by Crippen LogP contribution is 2.18. The molecule has 29 heavy (non-hydrogen) atoms. The van der Waals surface area contributed by atoms with E-state index in [0.29, 0.717) is 18.8 Å². The van der Waals surface area contributed by atoms with Gasteiger partial charge in [-0.25, -0.2) is 12.8 Å². The molecule has 2 aromatic carbocycles. The third-order valence-electron chi connectivity index (χ3n) is 4.85. The van der Waals surface area contributed by atoms with Gasteiger partial charge in [-0.15, -0.1) is 0 Å². The first-order chi connectivity index (χ1) is 13.7. The van der Waals surface area contributed by atoms with E-state index >= 15 is 0 Å². The highest BCUT2D eigenvalue weighted by Gasteiger charge is 2.23. The van der Waals surface area contributed by atoms with Crippen LogP contribution in [0.15, 0.2) is 53.4 Å². The second-order valence-corrected chi connectivity index (χ2v) is 8.86. The average molecular weight is 423 g/mol. The molecule has 2 aromatic rings. The zero-order valence-corrected chi connectivity index (χ0v) is 18.0. The molecule has 0 aliphatic rings. The predicted octanol–water partition coefficient (Wildman–Crippen LogP) is 2.51. The third-order valence-corrected chi connectivity index (χ3v) is 6.92. The molecule has 1 amide bonds. The number of sulfonamides is 1. The van der Waals surface area contributed by atoms with Gasteiger partial charge in [-0.2, -0.15) is 4.31 Å². The largest absolute Gasteiger partial charge is 0.330 e. The van der Waals surface area contributed by atoms with Crippen LogP contribution in [0.3, 0.4) is 0 Å². The van der Waals surface area contributed by atoms with Gasteiger partial charge in [0, 0.05) is 24.3 Å². The SMILES string of the molecule is CCN(CC)S(=O)(=O)c1ccc([C@H](C)[NH2+][C@@H](C)C(=O)Nc2ccc(F)cc2)cc1. The molecule has 3 N–H and O–H groups in total. The van der Waals surface area contributed by atoms with Crippen molar-refractivity contribution >= 4 is 21.6 Å². The molecule has 158 valence electrons. The van der Waals surface area contributed by atoms with Crippen LogP contribution in [0.1, 0.15) is 39.3 Å². The van der Waals surface area contributed by atoms with E-state index in [4.69, 9.17) is 0 Å². The Labute approximate surface area is 172 Å². The smallest absolute Gasteiger partial charge is 0.282 e. The van der Waals surface area contributed by atoms with Gasteiger partial charge in [0.15, 0.2) is 6.04 Å². The van der Waals surface area contributed by atoms with Crippen molar-refractivity contribution in [1.29, 1.82) is 0 Å². The van der Waals surface area contributed by atoms with Crippen molar-refractivity contribution in [2.75, 3.05) is 18.4 Å². The first kappa shape index (κ1) is 23.0. The number of rotatable bonds is 9. The summed E-state index contributed by atoms with van der Waals surface area (Å²) in [7, 11) is -3.49. The Morgan fingerprint density at radius 3 is 2.10 bits per heavy atom. The van der Waals surface area contributed by atoms with E-state index in [0.717, 1.165) is 5.56 Å². The van der Waals surface area contributed by atoms with Gasteiger partial charge < -0.3 is 10.6 Å². The molecule has 8 heteroatoms. The summed E-state index contributed by atoms with van der Waals surface area (Å²) in [5, 5.41) is 4.65. The fraction of sp³-hybridized carbons (Fsp3) is 0.381. The summed E-state index contributed by atoms with van der Waals surface area (Å²) in [4.78, 5) is 12.6. The zero-order valence-electron chi connectivity index (χ0n) is 17.2. The normalized spacial score (nSPS) is 13.9. The Morgan fingerprint density at radius 1 is 1.03 bits per heavy atom. The number of carbonyl (C=O) groups excluding carboxylic acids is 1. The highest BCUT2D eigenvalue weighted by molar-refractivity contribution is 7.89. The van der Waals surface area contributed by atoms with E-state index in [9.17, 15) is 17.6 Å². The summed E-state index contributed by atoms with van der Waals surface area (Å²) < 4.78 is 39.5. The number of hydrogen-bond acceptors (Lipinski definition) is 3. The molecule has 0 bridgehead atoms. The van der Waals surface area contributed by atoms with Crippen molar-refractivity contribution in [2.24, 2.45) is 0 Å². The Hall–Kier alpha value is -2.29. The Kier molecular flexibility index (Phi) is 7.89. The summed E-state index contributed by atoms with van der Waals surface area (Å²) in [6, 6.07) is 12.0. The lowest BCUT2D eigenvalue weighted by Crippen LogP contribution is -2.91. The molecule has 0 radical (unpaired) electrons. The predicted molar refractivity (Wildman–Crippen MR) is 111 cm³/mol. The van der Waals surface area contributed by atoms with E-state index < -0.39 is 10.0 Å². The maximum Gasteiger partial charge on any atom is 0.282 e. The molecule has 0 heterocycles. The van der Waals surface area contributed by atoms with Crippen LogP contribution in [0, 0.1) is 5.82 Å². The minimum atomic E-state index is -3.49. The van der Waals surface area contributed by atoms with Crippen molar-refractivity contribution < 1.29 is 22.9 Å². The van der Waals surface area contributed by atoms with Gasteiger partial charge >= 0.3 is 0 Å². The van der Waals surface area contributed by atoms with E-state index in [1.807, 2.05) is 26.1 Å². The van der Waals surface area contributed by atoms with Crippen molar-refractivity contribution in [1.82, 2.24) is 4.31 Å². The molecule has 6 nitrogen and oxygen atoms in total. The van der Waals surface area contributed by atoms with Gasteiger partial charge in [-0.05, 0) is 50.2 Å². The van der Waals surface area contributed by atoms with Gasteiger partial charge in [0.05, 0.1) is 4.90 Å². The first-order valence-corrected chi connectivity index (χ1v) is 11.1. The zero-order chi connectivity index (χ0) is 21.6. The number of benzene rings is 2. The summed E-state index contributed by atoms with van der Waals surface area (Å²) in [5.74, 6) is -0.549. The molecule has 2 atom stereocenters. The number of amides is 1. The fourth-order valence-electron chi connectivity index (χ4n) is 3.08. The van der Waals surface area contributed by atoms with Gasteiger partial charge in [0.2, 0.25) is 10.0 Å². The number of halogens is 1. The van der Waals surface area contributed by atoms with Crippen LogP contribution in [0.2, 0.25) is 0 Å². The Morgan fingerprint density at radius 2 is 1.59 bits per heavy atom. The fourth-order valence-corrected chi connectivity index (χ4v) is 4.53. The van der Waals surface area contributed by atoms with E-state index in [1.165, 1.54) is 28.6 Å². The minimum absolute atomic E-state index is 0.0471. The monoisotopic (exact) mass is 422 g/mol. The lowest BCUT2D eigenvalue weighted by Gasteiger charge is -2.19. The third kappa shape index (κ3) is 5.85. The second-order valence-electron chi connectivity index (χ2n) is 6.92. The Balaban J connectivity index is 2.02. The average Bonchev–Trinajstić information content (AvgIpc) is 2.70. The lowest BCUT2D eigenvalue weighted by atomic mass is 10.1. The molecule has 0 aromatic heterocycles. The number of hydrogen-bond donors (Lipinski definition) is 2. The van der Waals surface area contributed by atoms with E-state index in [-0.39, 0.29) is 28.7 Å². The van der Waals surface area contributed by atoms with Crippen LogP contribution in [-0.4, -0.2) is 37.8 Å². The van der Waals surface area contributed by atoms with Crippen LogP contribution in [0.5, 0.6) is 0 Å². The van der Waals surface area contributed by atoms with Crippen molar-refractivity contribution in [2.45, 2.75) is 44.7 Å². The maximum atomic E-state index is 13.0. The quantitative estimate of drug-likeness (QED) is 0.651. The molecule has 2 rings (SSSR count). The number of carbonyl (C=O) groups is 1. The van der Waals surface area contributed by atoms with Gasteiger partial charge in [0.25, 0.3) is 5.91 Å². The summed E-state index contributed by atoms with van der Waals surface area (Å²) in [6.45, 7) is 8.21.